The minimum Gasteiger partial charge on any atom is -0.243 e. The molecule has 400 valence electrons. The molecule has 4 nitrogen and oxygen atoms in total. The summed E-state index contributed by atoms with van der Waals surface area (Å²) in [6, 6.07) is -22.1. The average molecular weight is 1090 g/mol. The molecule has 2 aromatic carbocycles. The molecular weight excluding hydrogens is 1070 g/mol. The lowest BCUT2D eigenvalue weighted by Crippen LogP contribution is -2.73. The highest BCUT2D eigenvalue weighted by Crippen LogP contribution is 2.56. The molecule has 4 rings (SSSR count). The van der Waals surface area contributed by atoms with E-state index in [4.69, 9.17) is 0 Å². The summed E-state index contributed by atoms with van der Waals surface area (Å²) in [5, 5.41) is 0. The van der Waals surface area contributed by atoms with Crippen molar-refractivity contribution < 1.29 is 154 Å². The molecule has 2 fully saturated rings. The molecule has 2 aliphatic heterocycles. The van der Waals surface area contributed by atoms with Crippen LogP contribution in [0.3, 0.4) is 0 Å². The Kier molecular flexibility index (Phi) is 20.0. The Labute approximate surface area is 360 Å². The van der Waals surface area contributed by atoms with Crippen molar-refractivity contribution in [1.82, 2.24) is 9.80 Å². The van der Waals surface area contributed by atoms with E-state index >= 15 is 0 Å². The molecule has 0 bridgehead atoms. The monoisotopic (exact) mass is 1090 g/mol. The Morgan fingerprint density at radius 3 is 0.899 bits per heavy atom. The van der Waals surface area contributed by atoms with Crippen LogP contribution in [0.15, 0.2) is 23.8 Å². The summed E-state index contributed by atoms with van der Waals surface area (Å²) in [6.45, 7) is 1.10. The van der Waals surface area contributed by atoms with Crippen molar-refractivity contribution in [2.45, 2.75) is 88.7 Å². The van der Waals surface area contributed by atoms with Gasteiger partial charge in [-0.1, -0.05) is 13.8 Å². The molecule has 37 heteroatoms. The third-order valence-electron chi connectivity index (χ3n) is 7.73. The largest absolute Gasteiger partial charge is 0.439 e. The molecule has 0 unspecified atom stereocenters. The minimum absolute atomic E-state index is 0.0570. The van der Waals surface area contributed by atoms with Crippen LogP contribution in [0.5, 0.6) is 0 Å². The number of nitrogens with zero attached hydrogens (tertiary/aromatic N) is 2. The Hall–Kier alpha value is -4.55. The maximum absolute atomic E-state index is 13.8. The maximum atomic E-state index is 13.8. The van der Waals surface area contributed by atoms with Crippen LogP contribution in [0.4, 0.5) is 145 Å². The van der Waals surface area contributed by atoms with Crippen molar-refractivity contribution in [3.8, 4) is 11.1 Å². The highest BCUT2D eigenvalue weighted by atomic mass is 19.4. The number of allylic oxidation sites excluding steroid dienone is 2. The van der Waals surface area contributed by atoms with Gasteiger partial charge in [0.25, 0.3) is 0 Å². The lowest BCUT2D eigenvalue weighted by atomic mass is 9.98. The molecule has 2 heterocycles. The molecule has 0 amide bonds. The number of likely N-dealkylation sites (N-methyl/N-ethyl adjacent to an activating group) is 2. The lowest BCUT2D eigenvalue weighted by molar-refractivity contribution is -0.562. The van der Waals surface area contributed by atoms with Crippen LogP contribution in [-0.4, -0.2) is 77.9 Å². The molecule has 0 saturated carbocycles. The average Bonchev–Trinajstić information content (AvgIpc) is 3.18. The summed E-state index contributed by atoms with van der Waals surface area (Å²) in [7, 11) is -0.260. The summed E-state index contributed by atoms with van der Waals surface area (Å²) < 4.78 is 414. The summed E-state index contributed by atoms with van der Waals surface area (Å²) >= 11 is 0. The second-order valence-electron chi connectivity index (χ2n) is 12.4. The van der Waals surface area contributed by atoms with Crippen LogP contribution in [0.2, 0.25) is 0 Å². The number of alkyl halides is 18. The Morgan fingerprint density at radius 2 is 0.696 bits per heavy atom. The second kappa shape index (κ2) is 21.4. The highest BCUT2D eigenvalue weighted by molar-refractivity contribution is 5.67. The standard InChI is InChI=1S/C14H5F9.C6H5F8NO.C5H3F8NO.C4H3F5.C3H3F3/c1-2-3-6(15)8(17)4(9(18)7(3)16)5-10(19)12(21)14(23)13(22)11(5)20;1-2-15-3(7,8)5(11,12)16-6(13,14)4(15,9)10;1-14-2(6,7)4(10,11)15-5(12,13)3(14,8)9;1-4(8,9)2(5)3(6)7;1-2(4)3(5)6/h2H2,1H3;2H2,1H3;1H3;1H3;1H3. The van der Waals surface area contributed by atoms with Crippen LogP contribution in [-0.2, 0) is 15.9 Å². The predicted molar refractivity (Wildman–Crippen MR) is 160 cm³/mol. The van der Waals surface area contributed by atoms with E-state index in [9.17, 15) is 145 Å². The Morgan fingerprint density at radius 1 is 0.449 bits per heavy atom. The van der Waals surface area contributed by atoms with Crippen molar-refractivity contribution in [2.24, 2.45) is 0 Å². The molecule has 0 radical (unpaired) electrons. The fourth-order valence-electron chi connectivity index (χ4n) is 4.22. The number of halogens is 33. The normalized spacial score (nSPS) is 20.3. The molecule has 69 heavy (non-hydrogen) atoms. The van der Waals surface area contributed by atoms with Crippen LogP contribution >= 0.6 is 0 Å². The van der Waals surface area contributed by atoms with Gasteiger partial charge in [-0.05, 0) is 20.4 Å². The van der Waals surface area contributed by atoms with E-state index < -0.39 is 170 Å². The van der Waals surface area contributed by atoms with Crippen molar-refractivity contribution >= 4 is 0 Å². The van der Waals surface area contributed by atoms with Gasteiger partial charge in [0.2, 0.25) is 11.6 Å². The first-order valence-electron chi connectivity index (χ1n) is 16.5. The quantitative estimate of drug-likeness (QED) is 0.132. The van der Waals surface area contributed by atoms with Gasteiger partial charge in [0.05, 0.1) is 11.1 Å². The molecule has 0 aromatic heterocycles. The van der Waals surface area contributed by atoms with Gasteiger partial charge in [-0.15, -0.1) is 0 Å². The van der Waals surface area contributed by atoms with Crippen molar-refractivity contribution in [3.63, 3.8) is 0 Å². The summed E-state index contributed by atoms with van der Waals surface area (Å²) in [5.74, 6) is -29.4. The van der Waals surface area contributed by atoms with Gasteiger partial charge >= 0.3 is 66.7 Å². The number of benzene rings is 2. The second-order valence-corrected chi connectivity index (χ2v) is 12.4. The first-order chi connectivity index (χ1) is 30.4. The number of hydrogen-bond acceptors (Lipinski definition) is 4. The molecule has 0 aliphatic carbocycles. The van der Waals surface area contributed by atoms with E-state index in [1.165, 1.54) is 0 Å². The zero-order chi connectivity index (χ0) is 55.7. The van der Waals surface area contributed by atoms with Crippen LogP contribution in [0.25, 0.3) is 11.1 Å². The predicted octanol–water partition coefficient (Wildman–Crippen LogP) is 15.0. The highest BCUT2D eigenvalue weighted by Gasteiger charge is 2.83. The Balaban J connectivity index is 0.000000894. The zero-order valence-corrected chi connectivity index (χ0v) is 33.1. The van der Waals surface area contributed by atoms with E-state index in [-0.39, 0.29) is 14.0 Å². The first kappa shape index (κ1) is 64.5. The topological polar surface area (TPSA) is 24.9 Å². The maximum Gasteiger partial charge on any atom is 0.439 e. The third kappa shape index (κ3) is 12.7. The molecule has 0 spiro atoms. The van der Waals surface area contributed by atoms with Gasteiger partial charge < -0.3 is 0 Å². The summed E-state index contributed by atoms with van der Waals surface area (Å²) in [6.07, 6.45) is -28.5. The van der Waals surface area contributed by atoms with E-state index in [1.54, 1.807) is 0 Å². The number of hydrogen-bond donors (Lipinski definition) is 0. The minimum atomic E-state index is -5.70. The summed E-state index contributed by atoms with van der Waals surface area (Å²) in [5.41, 5.74) is -5.16. The van der Waals surface area contributed by atoms with Gasteiger partial charge in [0.1, 0.15) is 0 Å². The van der Waals surface area contributed by atoms with E-state index in [2.05, 4.69) is 9.47 Å². The van der Waals surface area contributed by atoms with Crippen LogP contribution in [0, 0.1) is 52.4 Å². The SMILES string of the molecule is CC(F)(F)C(F)=C(F)F.CC(F)=C(F)F.CCN1C(F)(F)C(F)(F)OC(F)(F)C1(F)F.CCc1c(F)c(F)c(-c2c(F)c(F)c(F)c(F)c2F)c(F)c1F.CN1C(F)(F)C(F)(F)OC(F)(F)C1(F)F. The van der Waals surface area contributed by atoms with Gasteiger partial charge in [-0.2, -0.15) is 111 Å². The molecule has 0 atom stereocenters. The Bertz CT molecular complexity index is 2080. The van der Waals surface area contributed by atoms with Crippen LogP contribution in [0.1, 0.15) is 33.3 Å². The molecule has 2 aromatic rings. The van der Waals surface area contributed by atoms with Gasteiger partial charge in [-0.25, -0.2) is 53.4 Å². The summed E-state index contributed by atoms with van der Waals surface area (Å²) in [4.78, 5) is -3.31. The molecule has 2 saturated heterocycles. The van der Waals surface area contributed by atoms with Crippen molar-refractivity contribution in [3.05, 3.63) is 81.7 Å². The van der Waals surface area contributed by atoms with Crippen molar-refractivity contribution in [2.75, 3.05) is 13.6 Å². The van der Waals surface area contributed by atoms with E-state index in [0.29, 0.717) is 13.8 Å². The number of morpholine rings is 2. The fraction of sp³-hybridized carbons (Fsp3) is 0.500. The van der Waals surface area contributed by atoms with E-state index in [1.807, 2.05) is 0 Å². The zero-order valence-electron chi connectivity index (χ0n) is 33.1. The smallest absolute Gasteiger partial charge is 0.243 e. The third-order valence-corrected chi connectivity index (χ3v) is 7.73. The molecule has 2 aliphatic rings. The molecule has 0 N–H and O–H groups in total. The van der Waals surface area contributed by atoms with Gasteiger partial charge in [0, 0.05) is 19.0 Å². The van der Waals surface area contributed by atoms with Crippen LogP contribution < -0.4 is 0 Å². The number of ether oxygens (including phenoxy) is 2. The lowest BCUT2D eigenvalue weighted by Gasteiger charge is -2.46. The fourth-order valence-corrected chi connectivity index (χ4v) is 4.22. The van der Waals surface area contributed by atoms with Gasteiger partial charge in [0.15, 0.2) is 52.4 Å². The van der Waals surface area contributed by atoms with Gasteiger partial charge in [-0.3, -0.25) is 0 Å². The first-order valence-corrected chi connectivity index (χ1v) is 16.5. The molecular formula is C32H19F33N2O2. The number of rotatable bonds is 4. The van der Waals surface area contributed by atoms with E-state index in [0.717, 1.165) is 6.92 Å². The van der Waals surface area contributed by atoms with Crippen molar-refractivity contribution in [1.29, 1.82) is 0 Å².